The van der Waals surface area contributed by atoms with Crippen molar-refractivity contribution in [3.8, 4) is 0 Å². The normalized spacial score (nSPS) is 17.0. The number of benzene rings is 2. The molecule has 1 aliphatic rings. The Morgan fingerprint density at radius 1 is 1.16 bits per heavy atom. The minimum Gasteiger partial charge on any atom is -0.465 e. The molecule has 0 aliphatic carbocycles. The summed E-state index contributed by atoms with van der Waals surface area (Å²) in [5.41, 5.74) is 2.02. The highest BCUT2D eigenvalue weighted by Crippen LogP contribution is 2.28. The van der Waals surface area contributed by atoms with Crippen LogP contribution in [0.2, 0.25) is 0 Å². The van der Waals surface area contributed by atoms with Crippen LogP contribution in [0, 0.1) is 0 Å². The molecule has 0 saturated carbocycles. The smallest absolute Gasteiger partial charge is 0.337 e. The summed E-state index contributed by atoms with van der Waals surface area (Å²) >= 11 is 4.66. The zero-order chi connectivity index (χ0) is 17.8. The molecular weight excluding hydrogens is 404 g/mol. The van der Waals surface area contributed by atoms with Crippen LogP contribution in [0.1, 0.15) is 15.9 Å². The number of amides is 1. The van der Waals surface area contributed by atoms with Gasteiger partial charge < -0.3 is 10.1 Å². The second-order valence-electron chi connectivity index (χ2n) is 5.07. The number of carbonyl (C=O) groups is 2. The van der Waals surface area contributed by atoms with E-state index in [1.165, 1.54) is 18.9 Å². The highest BCUT2D eigenvalue weighted by atomic mass is 79.9. The lowest BCUT2D eigenvalue weighted by Crippen LogP contribution is -2.19. The van der Waals surface area contributed by atoms with E-state index in [-0.39, 0.29) is 5.91 Å². The van der Waals surface area contributed by atoms with Crippen LogP contribution in [-0.4, -0.2) is 24.2 Å². The van der Waals surface area contributed by atoms with E-state index in [2.05, 4.69) is 31.0 Å². The fraction of sp³-hybridized carbons (Fsp3) is 0.0556. The number of esters is 1. The first-order valence-corrected chi connectivity index (χ1v) is 8.89. The van der Waals surface area contributed by atoms with Crippen molar-refractivity contribution in [1.82, 2.24) is 5.32 Å². The van der Waals surface area contributed by atoms with Gasteiger partial charge in [-0.25, -0.2) is 9.79 Å². The van der Waals surface area contributed by atoms with Crippen LogP contribution in [0.25, 0.3) is 6.08 Å². The van der Waals surface area contributed by atoms with Crippen LogP contribution in [0.5, 0.6) is 0 Å². The first-order chi connectivity index (χ1) is 12.0. The van der Waals surface area contributed by atoms with Gasteiger partial charge in [0.1, 0.15) is 0 Å². The van der Waals surface area contributed by atoms with Gasteiger partial charge in [0, 0.05) is 4.47 Å². The summed E-state index contributed by atoms with van der Waals surface area (Å²) in [4.78, 5) is 28.5. The molecule has 0 unspecified atom stereocenters. The van der Waals surface area contributed by atoms with Crippen molar-refractivity contribution in [2.75, 3.05) is 7.11 Å². The molecule has 0 aromatic heterocycles. The number of halogens is 1. The number of hydrogen-bond donors (Lipinski definition) is 1. The molecule has 1 heterocycles. The molecule has 25 heavy (non-hydrogen) atoms. The van der Waals surface area contributed by atoms with Crippen LogP contribution in [0.3, 0.4) is 0 Å². The van der Waals surface area contributed by atoms with Crippen LogP contribution < -0.4 is 5.32 Å². The average molecular weight is 417 g/mol. The number of thioether (sulfide) groups is 1. The van der Waals surface area contributed by atoms with Crippen molar-refractivity contribution < 1.29 is 14.3 Å². The largest absolute Gasteiger partial charge is 0.465 e. The van der Waals surface area contributed by atoms with Crippen molar-refractivity contribution >= 4 is 56.5 Å². The van der Waals surface area contributed by atoms with Gasteiger partial charge in [-0.1, -0.05) is 28.1 Å². The molecule has 2 aromatic carbocycles. The number of methoxy groups -OCH3 is 1. The molecule has 2 aromatic rings. The summed E-state index contributed by atoms with van der Waals surface area (Å²) in [6.45, 7) is 0. The molecule has 1 amide bonds. The van der Waals surface area contributed by atoms with E-state index in [1.54, 1.807) is 24.3 Å². The van der Waals surface area contributed by atoms with Crippen LogP contribution in [-0.2, 0) is 9.53 Å². The topological polar surface area (TPSA) is 67.8 Å². The molecule has 1 fully saturated rings. The summed E-state index contributed by atoms with van der Waals surface area (Å²) in [5, 5.41) is 3.24. The third-order valence-corrected chi connectivity index (χ3v) is 4.78. The zero-order valence-electron chi connectivity index (χ0n) is 13.2. The molecule has 5 nitrogen and oxygen atoms in total. The molecule has 126 valence electrons. The lowest BCUT2D eigenvalue weighted by Gasteiger charge is -2.00. The molecule has 1 saturated heterocycles. The zero-order valence-corrected chi connectivity index (χ0v) is 15.6. The Hall–Kier alpha value is -2.38. The van der Waals surface area contributed by atoms with Crippen molar-refractivity contribution in [3.05, 3.63) is 69.0 Å². The summed E-state index contributed by atoms with van der Waals surface area (Å²) in [5.74, 6) is -0.583. The molecule has 3 rings (SSSR count). The van der Waals surface area contributed by atoms with Crippen molar-refractivity contribution in [2.24, 2.45) is 4.99 Å². The van der Waals surface area contributed by atoms with Gasteiger partial charge in [-0.3, -0.25) is 4.79 Å². The Labute approximate surface area is 157 Å². The highest BCUT2D eigenvalue weighted by Gasteiger charge is 2.23. The minimum absolute atomic E-state index is 0.183. The Balaban J connectivity index is 1.76. The SMILES string of the molecule is COC(=O)c1ccc(N=C2NC(=O)C(=Cc3ccc(Br)cc3)S2)cc1. The van der Waals surface area contributed by atoms with Gasteiger partial charge in [0.05, 0.1) is 23.3 Å². The van der Waals surface area contributed by atoms with Gasteiger partial charge in [-0.2, -0.15) is 0 Å². The number of hydrogen-bond acceptors (Lipinski definition) is 5. The summed E-state index contributed by atoms with van der Waals surface area (Å²) in [6.07, 6.45) is 1.81. The number of rotatable bonds is 3. The van der Waals surface area contributed by atoms with E-state index in [0.29, 0.717) is 21.3 Å². The van der Waals surface area contributed by atoms with Crippen molar-refractivity contribution in [1.29, 1.82) is 0 Å². The van der Waals surface area contributed by atoms with E-state index in [4.69, 9.17) is 0 Å². The lowest BCUT2D eigenvalue weighted by atomic mass is 10.2. The number of carbonyl (C=O) groups excluding carboxylic acids is 2. The standard InChI is InChI=1S/C18H13BrN2O3S/c1-24-17(23)12-4-8-14(9-5-12)20-18-21-16(22)15(25-18)10-11-2-6-13(19)7-3-11/h2-10H,1H3,(H,20,21,22). The highest BCUT2D eigenvalue weighted by molar-refractivity contribution is 9.10. The molecular formula is C18H13BrN2O3S. The van der Waals surface area contributed by atoms with E-state index in [1.807, 2.05) is 30.3 Å². The fourth-order valence-electron chi connectivity index (χ4n) is 2.10. The first-order valence-electron chi connectivity index (χ1n) is 7.29. The van der Waals surface area contributed by atoms with Gasteiger partial charge >= 0.3 is 5.97 Å². The number of aliphatic imine (C=N–C) groups is 1. The maximum absolute atomic E-state index is 12.1. The average Bonchev–Trinajstić information content (AvgIpc) is 2.96. The second kappa shape index (κ2) is 7.67. The first kappa shape index (κ1) is 17.4. The Bertz CT molecular complexity index is 874. The van der Waals surface area contributed by atoms with Gasteiger partial charge in [-0.15, -0.1) is 0 Å². The predicted molar refractivity (Wildman–Crippen MR) is 103 cm³/mol. The number of amidine groups is 1. The third kappa shape index (κ3) is 4.37. The van der Waals surface area contributed by atoms with E-state index >= 15 is 0 Å². The van der Waals surface area contributed by atoms with Gasteiger partial charge in [0.2, 0.25) is 0 Å². The molecule has 0 atom stereocenters. The third-order valence-electron chi connectivity index (χ3n) is 3.34. The fourth-order valence-corrected chi connectivity index (χ4v) is 3.20. The van der Waals surface area contributed by atoms with Gasteiger partial charge in [-0.05, 0) is 59.8 Å². The summed E-state index contributed by atoms with van der Waals surface area (Å²) in [6, 6.07) is 14.3. The number of ether oxygens (including phenoxy) is 1. The van der Waals surface area contributed by atoms with E-state index in [0.717, 1.165) is 10.0 Å². The van der Waals surface area contributed by atoms with E-state index < -0.39 is 5.97 Å². The second-order valence-corrected chi connectivity index (χ2v) is 7.02. The van der Waals surface area contributed by atoms with E-state index in [9.17, 15) is 9.59 Å². The monoisotopic (exact) mass is 416 g/mol. The van der Waals surface area contributed by atoms with Crippen LogP contribution >= 0.6 is 27.7 Å². The number of nitrogens with one attached hydrogen (secondary N) is 1. The quantitative estimate of drug-likeness (QED) is 0.603. The van der Waals surface area contributed by atoms with Crippen molar-refractivity contribution in [2.45, 2.75) is 0 Å². The molecule has 0 spiro atoms. The summed E-state index contributed by atoms with van der Waals surface area (Å²) in [7, 11) is 1.33. The lowest BCUT2D eigenvalue weighted by molar-refractivity contribution is -0.115. The van der Waals surface area contributed by atoms with Gasteiger partial charge in [0.15, 0.2) is 5.17 Å². The Morgan fingerprint density at radius 2 is 1.84 bits per heavy atom. The minimum atomic E-state index is -0.400. The predicted octanol–water partition coefficient (Wildman–Crippen LogP) is 4.13. The Morgan fingerprint density at radius 3 is 2.48 bits per heavy atom. The summed E-state index contributed by atoms with van der Waals surface area (Å²) < 4.78 is 5.64. The maximum atomic E-state index is 12.1. The van der Waals surface area contributed by atoms with Gasteiger partial charge in [0.25, 0.3) is 5.91 Å². The molecule has 7 heteroatoms. The van der Waals surface area contributed by atoms with Crippen molar-refractivity contribution in [3.63, 3.8) is 0 Å². The Kier molecular flexibility index (Phi) is 5.35. The molecule has 0 radical (unpaired) electrons. The van der Waals surface area contributed by atoms with Crippen LogP contribution in [0.4, 0.5) is 5.69 Å². The van der Waals surface area contributed by atoms with Crippen LogP contribution in [0.15, 0.2) is 62.9 Å². The molecule has 1 aliphatic heterocycles. The molecule has 1 N–H and O–H groups in total. The number of nitrogens with zero attached hydrogens (tertiary/aromatic N) is 1. The molecule has 0 bridgehead atoms. The maximum Gasteiger partial charge on any atom is 0.337 e.